The van der Waals surface area contributed by atoms with Crippen molar-refractivity contribution in [1.29, 1.82) is 0 Å². The first kappa shape index (κ1) is 18.4. The molecule has 1 saturated heterocycles. The van der Waals surface area contributed by atoms with Crippen molar-refractivity contribution in [3.8, 4) is 0 Å². The third kappa shape index (κ3) is 3.96. The number of nitrogens with one attached hydrogen (secondary N) is 1. The lowest BCUT2D eigenvalue weighted by molar-refractivity contribution is -0.386. The van der Waals surface area contributed by atoms with E-state index < -0.39 is 4.92 Å². The third-order valence-electron chi connectivity index (χ3n) is 3.65. The van der Waals surface area contributed by atoms with Gasteiger partial charge in [0.25, 0.3) is 11.6 Å². The Bertz CT molecular complexity index is 564. The fourth-order valence-corrected chi connectivity index (χ4v) is 2.50. The summed E-state index contributed by atoms with van der Waals surface area (Å²) < 4.78 is 0. The largest absolute Gasteiger partial charge is 0.336 e. The Morgan fingerprint density at radius 1 is 1.27 bits per heavy atom. The molecule has 0 unspecified atom stereocenters. The number of piperazine rings is 1. The summed E-state index contributed by atoms with van der Waals surface area (Å²) in [7, 11) is 0. The zero-order valence-corrected chi connectivity index (χ0v) is 13.9. The average molecular weight is 328 g/mol. The second-order valence-corrected chi connectivity index (χ2v) is 6.28. The van der Waals surface area contributed by atoms with Gasteiger partial charge in [0.15, 0.2) is 0 Å². The molecule has 0 atom stereocenters. The van der Waals surface area contributed by atoms with Crippen molar-refractivity contribution in [3.05, 3.63) is 39.4 Å². The highest BCUT2D eigenvalue weighted by atomic mass is 35.5. The fraction of sp³-hybridized carbons (Fsp3) is 0.533. The van der Waals surface area contributed by atoms with E-state index in [2.05, 4.69) is 5.32 Å². The number of rotatable bonds is 2. The lowest BCUT2D eigenvalue weighted by Crippen LogP contribution is -2.46. The highest BCUT2D eigenvalue weighted by Crippen LogP contribution is 2.32. The van der Waals surface area contributed by atoms with Crippen LogP contribution in [-0.4, -0.2) is 41.9 Å². The number of carbonyl (C=O) groups is 1. The lowest BCUT2D eigenvalue weighted by Gasteiger charge is -2.27. The number of carbonyl (C=O) groups excluding carboxylic acids is 1. The highest BCUT2D eigenvalue weighted by molar-refractivity contribution is 5.95. The Labute approximate surface area is 136 Å². The van der Waals surface area contributed by atoms with E-state index >= 15 is 0 Å². The normalized spacial score (nSPS) is 15.1. The second kappa shape index (κ2) is 7.07. The van der Waals surface area contributed by atoms with Gasteiger partial charge in [-0.1, -0.05) is 26.8 Å². The summed E-state index contributed by atoms with van der Waals surface area (Å²) in [5, 5.41) is 14.5. The van der Waals surface area contributed by atoms with Crippen molar-refractivity contribution in [1.82, 2.24) is 10.2 Å². The van der Waals surface area contributed by atoms with Gasteiger partial charge in [0, 0.05) is 43.4 Å². The van der Waals surface area contributed by atoms with E-state index in [4.69, 9.17) is 0 Å². The first-order valence-electron chi connectivity index (χ1n) is 7.09. The number of nitro groups is 1. The van der Waals surface area contributed by atoms with Gasteiger partial charge in [-0.15, -0.1) is 12.4 Å². The first-order valence-corrected chi connectivity index (χ1v) is 7.09. The Morgan fingerprint density at radius 3 is 2.36 bits per heavy atom. The minimum atomic E-state index is -0.408. The van der Waals surface area contributed by atoms with E-state index in [1.54, 1.807) is 17.0 Å². The standard InChI is InChI=1S/C15H21N3O3.ClH/c1-15(2,3)12-5-4-11(10-13(12)18(20)21)14(19)17-8-6-16-7-9-17;/h4-5,10,16H,6-9H2,1-3H3;1H. The topological polar surface area (TPSA) is 75.5 Å². The maximum absolute atomic E-state index is 12.4. The Morgan fingerprint density at radius 2 is 1.86 bits per heavy atom. The van der Waals surface area contributed by atoms with E-state index in [0.717, 1.165) is 13.1 Å². The average Bonchev–Trinajstić information content (AvgIpc) is 2.45. The molecule has 0 saturated carbocycles. The van der Waals surface area contributed by atoms with Gasteiger partial charge in [0.2, 0.25) is 0 Å². The molecule has 22 heavy (non-hydrogen) atoms. The molecule has 1 N–H and O–H groups in total. The van der Waals surface area contributed by atoms with E-state index in [1.807, 2.05) is 20.8 Å². The molecule has 0 spiro atoms. The predicted octanol–water partition coefficient (Wildman–Crippen LogP) is 2.36. The fourth-order valence-electron chi connectivity index (χ4n) is 2.50. The molecule has 122 valence electrons. The van der Waals surface area contributed by atoms with Crippen LogP contribution in [0.25, 0.3) is 0 Å². The summed E-state index contributed by atoms with van der Waals surface area (Å²) in [4.78, 5) is 25.0. The smallest absolute Gasteiger partial charge is 0.273 e. The first-order chi connectivity index (χ1) is 9.80. The van der Waals surface area contributed by atoms with Crippen LogP contribution in [0.2, 0.25) is 0 Å². The summed E-state index contributed by atoms with van der Waals surface area (Å²) in [6.07, 6.45) is 0. The molecule has 0 radical (unpaired) electrons. The summed E-state index contributed by atoms with van der Waals surface area (Å²) in [5.74, 6) is -0.139. The van der Waals surface area contributed by atoms with E-state index in [-0.39, 0.29) is 29.4 Å². The monoisotopic (exact) mass is 327 g/mol. The van der Waals surface area contributed by atoms with Crippen molar-refractivity contribution in [3.63, 3.8) is 0 Å². The zero-order valence-electron chi connectivity index (χ0n) is 13.1. The molecule has 1 amide bonds. The van der Waals surface area contributed by atoms with Gasteiger partial charge < -0.3 is 10.2 Å². The number of hydrogen-bond acceptors (Lipinski definition) is 4. The van der Waals surface area contributed by atoms with Crippen molar-refractivity contribution in [2.75, 3.05) is 26.2 Å². The molecule has 0 aliphatic carbocycles. The quantitative estimate of drug-likeness (QED) is 0.668. The summed E-state index contributed by atoms with van der Waals surface area (Å²) >= 11 is 0. The molecule has 1 heterocycles. The molecule has 1 aliphatic heterocycles. The number of benzene rings is 1. The van der Waals surface area contributed by atoms with Crippen LogP contribution in [0.15, 0.2) is 18.2 Å². The van der Waals surface area contributed by atoms with Crippen LogP contribution in [0.5, 0.6) is 0 Å². The van der Waals surface area contributed by atoms with Crippen LogP contribution in [0.4, 0.5) is 5.69 Å². The molecule has 0 bridgehead atoms. The molecule has 0 aromatic heterocycles. The van der Waals surface area contributed by atoms with Crippen LogP contribution in [0.3, 0.4) is 0 Å². The van der Waals surface area contributed by atoms with Crippen LogP contribution < -0.4 is 5.32 Å². The number of hydrogen-bond donors (Lipinski definition) is 1. The van der Waals surface area contributed by atoms with Crippen molar-refractivity contribution >= 4 is 24.0 Å². The molecule has 1 fully saturated rings. The summed E-state index contributed by atoms with van der Waals surface area (Å²) in [6.45, 7) is 8.55. The molecule has 1 aromatic carbocycles. The molecular formula is C15H22ClN3O3. The number of halogens is 1. The van der Waals surface area contributed by atoms with Gasteiger partial charge >= 0.3 is 0 Å². The summed E-state index contributed by atoms with van der Waals surface area (Å²) in [5.41, 5.74) is 0.711. The zero-order chi connectivity index (χ0) is 15.6. The van der Waals surface area contributed by atoms with Crippen LogP contribution in [0.1, 0.15) is 36.7 Å². The van der Waals surface area contributed by atoms with Crippen LogP contribution in [-0.2, 0) is 5.41 Å². The van der Waals surface area contributed by atoms with Gasteiger partial charge in [-0.2, -0.15) is 0 Å². The molecule has 2 rings (SSSR count). The van der Waals surface area contributed by atoms with Gasteiger partial charge in [-0.05, 0) is 11.5 Å². The summed E-state index contributed by atoms with van der Waals surface area (Å²) in [6, 6.07) is 4.80. The molecule has 6 nitrogen and oxygen atoms in total. The van der Waals surface area contributed by atoms with Crippen molar-refractivity contribution in [2.45, 2.75) is 26.2 Å². The molecule has 1 aliphatic rings. The third-order valence-corrected chi connectivity index (χ3v) is 3.65. The Kier molecular flexibility index (Phi) is 5.91. The SMILES string of the molecule is CC(C)(C)c1ccc(C(=O)N2CCNCC2)cc1[N+](=O)[O-].Cl. The number of nitro benzene ring substituents is 1. The minimum absolute atomic E-state index is 0. The lowest BCUT2D eigenvalue weighted by atomic mass is 9.85. The van der Waals surface area contributed by atoms with Gasteiger partial charge in [0.05, 0.1) is 4.92 Å². The highest BCUT2D eigenvalue weighted by Gasteiger charge is 2.27. The predicted molar refractivity (Wildman–Crippen MR) is 87.8 cm³/mol. The minimum Gasteiger partial charge on any atom is -0.336 e. The van der Waals surface area contributed by atoms with Gasteiger partial charge in [0.1, 0.15) is 0 Å². The second-order valence-electron chi connectivity index (χ2n) is 6.28. The van der Waals surface area contributed by atoms with Crippen LogP contribution in [0, 0.1) is 10.1 Å². The molecule has 7 heteroatoms. The number of nitrogens with zero attached hydrogens (tertiary/aromatic N) is 2. The van der Waals surface area contributed by atoms with E-state index in [0.29, 0.717) is 24.2 Å². The maximum Gasteiger partial charge on any atom is 0.273 e. The van der Waals surface area contributed by atoms with Gasteiger partial charge in [-0.3, -0.25) is 14.9 Å². The molecule has 1 aromatic rings. The number of amides is 1. The van der Waals surface area contributed by atoms with Crippen LogP contribution >= 0.6 is 12.4 Å². The molecular weight excluding hydrogens is 306 g/mol. The van der Waals surface area contributed by atoms with Gasteiger partial charge in [-0.25, -0.2) is 0 Å². The van der Waals surface area contributed by atoms with E-state index in [9.17, 15) is 14.9 Å². The van der Waals surface area contributed by atoms with Crippen molar-refractivity contribution in [2.24, 2.45) is 0 Å². The van der Waals surface area contributed by atoms with Crippen molar-refractivity contribution < 1.29 is 9.72 Å². The maximum atomic E-state index is 12.4. The Hall–Kier alpha value is -1.66. The van der Waals surface area contributed by atoms with E-state index in [1.165, 1.54) is 6.07 Å². The Balaban J connectivity index is 0.00000242.